The molecule has 4 fully saturated rings. The predicted octanol–water partition coefficient (Wildman–Crippen LogP) is 5.21. The largest absolute Gasteiger partial charge is 0.335 e. The van der Waals surface area contributed by atoms with Crippen LogP contribution >= 0.6 is 11.6 Å². The zero-order chi connectivity index (χ0) is 17.4. The van der Waals surface area contributed by atoms with Gasteiger partial charge in [0.2, 0.25) is 0 Å². The Morgan fingerprint density at radius 2 is 1.76 bits per heavy atom. The predicted molar refractivity (Wildman–Crippen MR) is 102 cm³/mol. The van der Waals surface area contributed by atoms with Gasteiger partial charge in [0.1, 0.15) is 0 Å². The molecule has 2 N–H and O–H groups in total. The molecule has 3 nitrogen and oxygen atoms in total. The molecule has 134 valence electrons. The zero-order valence-corrected chi connectivity index (χ0v) is 15.6. The number of benzene rings is 1. The van der Waals surface area contributed by atoms with Crippen molar-refractivity contribution >= 4 is 23.7 Å². The van der Waals surface area contributed by atoms with Gasteiger partial charge in [0.05, 0.1) is 0 Å². The monoisotopic (exact) mass is 358 g/mol. The van der Waals surface area contributed by atoms with Gasteiger partial charge in [0, 0.05) is 17.3 Å². The van der Waals surface area contributed by atoms with Gasteiger partial charge in [-0.2, -0.15) is 0 Å². The molecule has 4 aliphatic rings. The smallest absolute Gasteiger partial charge is 0.318 e. The number of urea groups is 1. The van der Waals surface area contributed by atoms with Crippen molar-refractivity contribution in [3.8, 4) is 0 Å². The Balaban J connectivity index is 1.34. The molecule has 1 aromatic carbocycles. The molecule has 0 aromatic heterocycles. The first-order valence-corrected chi connectivity index (χ1v) is 9.90. The summed E-state index contributed by atoms with van der Waals surface area (Å²) in [6.45, 7) is 2.20. The SMILES string of the molecule is CC(NC(=O)N/C=C/c1ccccc1Cl)C12CC3CC(CC(C3)C1)C2. The van der Waals surface area contributed by atoms with Gasteiger partial charge < -0.3 is 10.6 Å². The Morgan fingerprint density at radius 3 is 2.36 bits per heavy atom. The number of amides is 2. The van der Waals surface area contributed by atoms with E-state index in [4.69, 9.17) is 11.6 Å². The van der Waals surface area contributed by atoms with Crippen molar-refractivity contribution in [1.82, 2.24) is 10.6 Å². The Bertz CT molecular complexity index is 649. The van der Waals surface area contributed by atoms with Crippen LogP contribution in [-0.2, 0) is 0 Å². The third-order valence-corrected chi connectivity index (χ3v) is 7.08. The number of carbonyl (C=O) groups is 1. The van der Waals surface area contributed by atoms with E-state index < -0.39 is 0 Å². The van der Waals surface area contributed by atoms with Crippen LogP contribution in [0.25, 0.3) is 6.08 Å². The topological polar surface area (TPSA) is 41.1 Å². The van der Waals surface area contributed by atoms with Gasteiger partial charge in [-0.25, -0.2) is 4.79 Å². The zero-order valence-electron chi connectivity index (χ0n) is 14.8. The molecule has 4 bridgehead atoms. The molecule has 5 rings (SSSR count). The molecule has 25 heavy (non-hydrogen) atoms. The number of rotatable bonds is 4. The van der Waals surface area contributed by atoms with Crippen molar-refractivity contribution in [3.05, 3.63) is 41.1 Å². The van der Waals surface area contributed by atoms with Gasteiger partial charge in [-0.1, -0.05) is 29.8 Å². The minimum atomic E-state index is -0.119. The fourth-order valence-electron chi connectivity index (χ4n) is 5.92. The van der Waals surface area contributed by atoms with E-state index in [1.807, 2.05) is 30.3 Å². The highest BCUT2D eigenvalue weighted by Crippen LogP contribution is 2.61. The summed E-state index contributed by atoms with van der Waals surface area (Å²) in [5.41, 5.74) is 1.23. The third-order valence-electron chi connectivity index (χ3n) is 6.73. The Labute approximate surface area is 155 Å². The average Bonchev–Trinajstić information content (AvgIpc) is 2.55. The van der Waals surface area contributed by atoms with Crippen LogP contribution in [-0.4, -0.2) is 12.1 Å². The van der Waals surface area contributed by atoms with E-state index in [0.29, 0.717) is 10.4 Å². The fraction of sp³-hybridized carbons (Fsp3) is 0.571. The summed E-state index contributed by atoms with van der Waals surface area (Å²) in [5, 5.41) is 6.72. The van der Waals surface area contributed by atoms with E-state index in [9.17, 15) is 4.79 Å². The van der Waals surface area contributed by atoms with Crippen molar-refractivity contribution in [2.75, 3.05) is 0 Å². The minimum absolute atomic E-state index is 0.119. The van der Waals surface area contributed by atoms with Crippen molar-refractivity contribution in [3.63, 3.8) is 0 Å². The number of hydrogen-bond acceptors (Lipinski definition) is 1. The highest BCUT2D eigenvalue weighted by Gasteiger charge is 2.53. The maximum atomic E-state index is 12.3. The van der Waals surface area contributed by atoms with Gasteiger partial charge >= 0.3 is 6.03 Å². The Morgan fingerprint density at radius 1 is 1.16 bits per heavy atom. The first kappa shape index (κ1) is 17.0. The van der Waals surface area contributed by atoms with Crippen LogP contribution in [0, 0.1) is 23.2 Å². The molecule has 2 amide bonds. The summed E-state index contributed by atoms with van der Waals surface area (Å²) in [6, 6.07) is 7.71. The molecule has 0 heterocycles. The number of carbonyl (C=O) groups excluding carboxylic acids is 1. The molecule has 0 saturated heterocycles. The number of hydrogen-bond donors (Lipinski definition) is 2. The van der Waals surface area contributed by atoms with E-state index >= 15 is 0 Å². The van der Waals surface area contributed by atoms with E-state index in [1.165, 1.54) is 38.5 Å². The lowest BCUT2D eigenvalue weighted by atomic mass is 9.48. The molecule has 0 radical (unpaired) electrons. The maximum absolute atomic E-state index is 12.3. The highest BCUT2D eigenvalue weighted by molar-refractivity contribution is 6.32. The normalized spacial score (nSPS) is 34.2. The molecule has 4 saturated carbocycles. The quantitative estimate of drug-likeness (QED) is 0.761. The van der Waals surface area contributed by atoms with Crippen LogP contribution in [0.1, 0.15) is 51.0 Å². The van der Waals surface area contributed by atoms with E-state index in [0.717, 1.165) is 23.3 Å². The lowest BCUT2D eigenvalue weighted by molar-refractivity contribution is -0.0681. The molecule has 4 aliphatic carbocycles. The second kappa shape index (κ2) is 6.68. The van der Waals surface area contributed by atoms with E-state index in [2.05, 4.69) is 17.6 Å². The van der Waals surface area contributed by atoms with Gasteiger partial charge in [-0.15, -0.1) is 0 Å². The molecule has 0 aliphatic heterocycles. The summed E-state index contributed by atoms with van der Waals surface area (Å²) in [4.78, 5) is 12.3. The second-order valence-corrected chi connectivity index (χ2v) is 8.88. The standard InChI is InChI=1S/C21H27ClN2O/c1-14(21-11-15-8-16(12-21)10-17(9-15)13-21)24-20(25)23-7-6-18-4-2-3-5-19(18)22/h2-7,14-17H,8-13H2,1H3,(H2,23,24,25)/b7-6+. The van der Waals surface area contributed by atoms with E-state index in [1.54, 1.807) is 6.20 Å². The minimum Gasteiger partial charge on any atom is -0.335 e. The van der Waals surface area contributed by atoms with Crippen LogP contribution in [0.3, 0.4) is 0 Å². The van der Waals surface area contributed by atoms with Crippen molar-refractivity contribution in [1.29, 1.82) is 0 Å². The van der Waals surface area contributed by atoms with E-state index in [-0.39, 0.29) is 12.1 Å². The Kier molecular flexibility index (Phi) is 4.53. The van der Waals surface area contributed by atoms with Crippen LogP contribution < -0.4 is 10.6 Å². The molecular weight excluding hydrogens is 332 g/mol. The van der Waals surface area contributed by atoms with Gasteiger partial charge in [0.25, 0.3) is 0 Å². The Hall–Kier alpha value is -1.48. The maximum Gasteiger partial charge on any atom is 0.318 e. The fourth-order valence-corrected chi connectivity index (χ4v) is 6.12. The summed E-state index contributed by atoms with van der Waals surface area (Å²) < 4.78 is 0. The molecule has 1 atom stereocenters. The van der Waals surface area contributed by atoms with Crippen molar-refractivity contribution in [2.24, 2.45) is 23.2 Å². The van der Waals surface area contributed by atoms with Crippen LogP contribution in [0.15, 0.2) is 30.5 Å². The summed E-state index contributed by atoms with van der Waals surface area (Å²) in [7, 11) is 0. The summed E-state index contributed by atoms with van der Waals surface area (Å²) in [5.74, 6) is 2.70. The molecule has 1 aromatic rings. The number of nitrogens with one attached hydrogen (secondary N) is 2. The van der Waals surface area contributed by atoms with Gasteiger partial charge in [0.15, 0.2) is 0 Å². The first-order chi connectivity index (χ1) is 12.0. The molecule has 4 heteroatoms. The van der Waals surface area contributed by atoms with Gasteiger partial charge in [-0.3, -0.25) is 0 Å². The summed E-state index contributed by atoms with van der Waals surface area (Å²) >= 11 is 6.12. The first-order valence-electron chi connectivity index (χ1n) is 9.52. The lowest BCUT2D eigenvalue weighted by Crippen LogP contribution is -2.56. The third kappa shape index (κ3) is 3.44. The molecular formula is C21H27ClN2O. The molecule has 1 unspecified atom stereocenters. The van der Waals surface area contributed by atoms with Gasteiger partial charge in [-0.05, 0) is 86.3 Å². The average molecular weight is 359 g/mol. The number of halogens is 1. The van der Waals surface area contributed by atoms with Crippen LogP contribution in [0.5, 0.6) is 0 Å². The van der Waals surface area contributed by atoms with Crippen molar-refractivity contribution < 1.29 is 4.79 Å². The highest BCUT2D eigenvalue weighted by atomic mass is 35.5. The summed E-state index contributed by atoms with van der Waals surface area (Å²) in [6.07, 6.45) is 11.7. The van der Waals surface area contributed by atoms with Crippen LogP contribution in [0.2, 0.25) is 5.02 Å². The molecule has 0 spiro atoms. The van der Waals surface area contributed by atoms with Crippen LogP contribution in [0.4, 0.5) is 4.79 Å². The second-order valence-electron chi connectivity index (χ2n) is 8.47. The van der Waals surface area contributed by atoms with Crippen molar-refractivity contribution in [2.45, 2.75) is 51.5 Å². The lowest BCUT2D eigenvalue weighted by Gasteiger charge is -2.59.